The van der Waals surface area contributed by atoms with E-state index < -0.39 is 23.7 Å². The second-order valence-electron chi connectivity index (χ2n) is 10.1. The molecule has 0 bridgehead atoms. The lowest BCUT2D eigenvalue weighted by atomic mass is 9.88. The number of hydrogen-bond acceptors (Lipinski definition) is 7. The highest BCUT2D eigenvalue weighted by molar-refractivity contribution is 7.21. The number of pyridine rings is 1. The summed E-state index contributed by atoms with van der Waals surface area (Å²) in [6.45, 7) is 7.82. The zero-order valence-corrected chi connectivity index (χ0v) is 24.0. The number of carbonyl (C=O) groups excluding carboxylic acids is 2. The first-order valence-electron chi connectivity index (χ1n) is 12.9. The zero-order chi connectivity index (χ0) is 28.9. The molecule has 0 saturated heterocycles. The van der Waals surface area contributed by atoms with Crippen LogP contribution in [0.1, 0.15) is 67.6 Å². The summed E-state index contributed by atoms with van der Waals surface area (Å²) in [7, 11) is 0. The van der Waals surface area contributed by atoms with Gasteiger partial charge in [0.15, 0.2) is 0 Å². The van der Waals surface area contributed by atoms with Crippen molar-refractivity contribution in [3.63, 3.8) is 0 Å². The number of nitrogens with two attached hydrogens (primary N) is 1. The van der Waals surface area contributed by atoms with Crippen molar-refractivity contribution in [3.8, 4) is 11.1 Å². The molecule has 40 heavy (non-hydrogen) atoms. The Morgan fingerprint density at radius 3 is 2.60 bits per heavy atom. The number of carbonyl (C=O) groups is 2. The van der Waals surface area contributed by atoms with E-state index in [1.165, 1.54) is 11.3 Å². The molecule has 0 fully saturated rings. The van der Waals surface area contributed by atoms with Crippen LogP contribution in [-0.2, 0) is 23.8 Å². The topological polar surface area (TPSA) is 94.3 Å². The number of hydrogen-bond donors (Lipinski definition) is 2. The standard InChI is InChI=1S/C29H28F3N3O3S2/c1-5-38-28(37)22-17-9-6-13(2)10-19(17)39-27(22)35-25(36)24-23(33)21-18(16-8-7-14(3)15(4)11-16)12-20(29(30,31)32)34-26(21)40-24/h7-8,11-13H,5-6,9-10,33H2,1-4H3,(H,35,36). The Labute approximate surface area is 237 Å². The number of aryl methyl sites for hydroxylation is 2. The highest BCUT2D eigenvalue weighted by atomic mass is 32.1. The molecule has 5 rings (SSSR count). The van der Waals surface area contributed by atoms with Gasteiger partial charge in [-0.05, 0) is 79.8 Å². The first-order valence-corrected chi connectivity index (χ1v) is 14.5. The number of rotatable bonds is 5. The molecule has 3 N–H and O–H groups in total. The van der Waals surface area contributed by atoms with Gasteiger partial charge in [-0.2, -0.15) is 13.2 Å². The molecule has 1 aliphatic rings. The number of aromatic nitrogens is 1. The SMILES string of the molecule is CCOC(=O)c1c(NC(=O)c2sc3nc(C(F)(F)F)cc(-c4ccc(C)c(C)c4)c3c2N)sc2c1CCC(C)C2. The van der Waals surface area contributed by atoms with Gasteiger partial charge in [0.2, 0.25) is 0 Å². The first-order chi connectivity index (χ1) is 18.9. The molecule has 0 radical (unpaired) electrons. The molecule has 6 nitrogen and oxygen atoms in total. The third kappa shape index (κ3) is 5.08. The number of halogens is 3. The lowest BCUT2D eigenvalue weighted by Gasteiger charge is -2.18. The Kier molecular flexibility index (Phi) is 7.39. The van der Waals surface area contributed by atoms with E-state index in [1.807, 2.05) is 19.9 Å². The Balaban J connectivity index is 1.62. The van der Waals surface area contributed by atoms with Crippen molar-refractivity contribution >= 4 is 55.5 Å². The number of anilines is 2. The fourth-order valence-electron chi connectivity index (χ4n) is 4.99. The van der Waals surface area contributed by atoms with E-state index >= 15 is 0 Å². The number of esters is 1. The molecule has 4 aromatic rings. The molecule has 1 unspecified atom stereocenters. The Bertz CT molecular complexity index is 1660. The van der Waals surface area contributed by atoms with Gasteiger partial charge in [-0.1, -0.05) is 25.1 Å². The molecule has 11 heteroatoms. The smallest absolute Gasteiger partial charge is 0.433 e. The van der Waals surface area contributed by atoms with Crippen LogP contribution in [0.4, 0.5) is 23.9 Å². The molecule has 210 valence electrons. The third-order valence-electron chi connectivity index (χ3n) is 7.23. The second-order valence-corrected chi connectivity index (χ2v) is 12.2. The quantitative estimate of drug-likeness (QED) is 0.232. The fourth-order valence-corrected chi connectivity index (χ4v) is 7.40. The summed E-state index contributed by atoms with van der Waals surface area (Å²) in [6, 6.07) is 6.34. The van der Waals surface area contributed by atoms with Crippen LogP contribution in [0.3, 0.4) is 0 Å². The van der Waals surface area contributed by atoms with E-state index in [2.05, 4.69) is 17.2 Å². The van der Waals surface area contributed by atoms with Crippen LogP contribution >= 0.6 is 22.7 Å². The van der Waals surface area contributed by atoms with Gasteiger partial charge >= 0.3 is 12.1 Å². The molecule has 1 aliphatic carbocycles. The van der Waals surface area contributed by atoms with Crippen LogP contribution in [0.25, 0.3) is 21.3 Å². The van der Waals surface area contributed by atoms with Crippen LogP contribution in [-0.4, -0.2) is 23.5 Å². The van der Waals surface area contributed by atoms with Gasteiger partial charge in [0, 0.05) is 10.3 Å². The van der Waals surface area contributed by atoms with Crippen LogP contribution in [0.5, 0.6) is 0 Å². The maximum atomic E-state index is 13.8. The lowest BCUT2D eigenvalue weighted by Crippen LogP contribution is -2.16. The minimum Gasteiger partial charge on any atom is -0.462 e. The van der Waals surface area contributed by atoms with Gasteiger partial charge in [0.25, 0.3) is 5.91 Å². The number of nitrogens with one attached hydrogen (secondary N) is 1. The molecule has 3 aromatic heterocycles. The summed E-state index contributed by atoms with van der Waals surface area (Å²) in [6.07, 6.45) is -2.28. The molecular weight excluding hydrogens is 559 g/mol. The predicted octanol–water partition coefficient (Wildman–Crippen LogP) is 7.80. The number of benzene rings is 1. The third-order valence-corrected chi connectivity index (χ3v) is 9.50. The highest BCUT2D eigenvalue weighted by Gasteiger charge is 2.35. The summed E-state index contributed by atoms with van der Waals surface area (Å²) < 4.78 is 46.7. The monoisotopic (exact) mass is 587 g/mol. The number of ether oxygens (including phenoxy) is 1. The van der Waals surface area contributed by atoms with Gasteiger partial charge in [-0.3, -0.25) is 4.79 Å². The van der Waals surface area contributed by atoms with Gasteiger partial charge in [0.1, 0.15) is 20.4 Å². The van der Waals surface area contributed by atoms with Gasteiger partial charge < -0.3 is 15.8 Å². The molecule has 1 amide bonds. The van der Waals surface area contributed by atoms with Crippen molar-refractivity contribution in [2.45, 2.75) is 53.1 Å². The molecule has 0 aliphatic heterocycles. The number of nitrogens with zero attached hydrogens (tertiary/aromatic N) is 1. The van der Waals surface area contributed by atoms with Crippen molar-refractivity contribution in [2.75, 3.05) is 17.7 Å². The van der Waals surface area contributed by atoms with Crippen molar-refractivity contribution < 1.29 is 27.5 Å². The molecule has 3 heterocycles. The highest BCUT2D eigenvalue weighted by Crippen LogP contribution is 2.44. The van der Waals surface area contributed by atoms with Crippen molar-refractivity contribution in [3.05, 3.63) is 62.0 Å². The molecule has 1 aromatic carbocycles. The van der Waals surface area contributed by atoms with E-state index in [4.69, 9.17) is 10.5 Å². The minimum atomic E-state index is -4.69. The summed E-state index contributed by atoms with van der Waals surface area (Å²) >= 11 is 2.13. The Morgan fingerprint density at radius 2 is 1.93 bits per heavy atom. The van der Waals surface area contributed by atoms with E-state index in [9.17, 15) is 22.8 Å². The van der Waals surface area contributed by atoms with Crippen LogP contribution in [0.15, 0.2) is 24.3 Å². The normalized spacial score (nSPS) is 15.2. The lowest BCUT2D eigenvalue weighted by molar-refractivity contribution is -0.140. The van der Waals surface area contributed by atoms with Gasteiger partial charge in [-0.15, -0.1) is 22.7 Å². The number of fused-ring (bicyclic) bond motifs is 2. The van der Waals surface area contributed by atoms with Crippen LogP contribution in [0.2, 0.25) is 0 Å². The van der Waals surface area contributed by atoms with Gasteiger partial charge in [0.05, 0.1) is 17.9 Å². The molecular formula is C29H28F3N3O3S2. The predicted molar refractivity (Wildman–Crippen MR) is 153 cm³/mol. The number of nitrogen functional groups attached to an aromatic ring is 1. The zero-order valence-electron chi connectivity index (χ0n) is 22.4. The summed E-state index contributed by atoms with van der Waals surface area (Å²) in [5, 5.41) is 3.47. The number of thiophene rings is 2. The van der Waals surface area contributed by atoms with Gasteiger partial charge in [-0.25, -0.2) is 9.78 Å². The average molecular weight is 588 g/mol. The Hall–Kier alpha value is -3.44. The molecule has 0 spiro atoms. The Morgan fingerprint density at radius 1 is 1.18 bits per heavy atom. The summed E-state index contributed by atoms with van der Waals surface area (Å²) in [5.74, 6) is -0.680. The summed E-state index contributed by atoms with van der Waals surface area (Å²) in [4.78, 5) is 31.4. The van der Waals surface area contributed by atoms with Crippen molar-refractivity contribution in [1.29, 1.82) is 0 Å². The number of alkyl halides is 3. The van der Waals surface area contributed by atoms with Crippen LogP contribution in [0, 0.1) is 19.8 Å². The van der Waals surface area contributed by atoms with E-state index in [0.29, 0.717) is 28.5 Å². The van der Waals surface area contributed by atoms with E-state index in [0.717, 1.165) is 51.8 Å². The van der Waals surface area contributed by atoms with Crippen molar-refractivity contribution in [1.82, 2.24) is 4.98 Å². The average Bonchev–Trinajstić information content (AvgIpc) is 3.41. The molecule has 0 saturated carbocycles. The van der Waals surface area contributed by atoms with E-state index in [-0.39, 0.29) is 33.0 Å². The second kappa shape index (κ2) is 10.5. The maximum absolute atomic E-state index is 13.8. The maximum Gasteiger partial charge on any atom is 0.433 e. The largest absolute Gasteiger partial charge is 0.462 e. The van der Waals surface area contributed by atoms with Crippen molar-refractivity contribution in [2.24, 2.45) is 5.92 Å². The van der Waals surface area contributed by atoms with Crippen LogP contribution < -0.4 is 11.1 Å². The molecule has 1 atom stereocenters. The number of amides is 1. The van der Waals surface area contributed by atoms with E-state index in [1.54, 1.807) is 19.1 Å². The minimum absolute atomic E-state index is 0.00983. The first kappa shape index (κ1) is 28.1. The summed E-state index contributed by atoms with van der Waals surface area (Å²) in [5.41, 5.74) is 9.36. The fraction of sp³-hybridized carbons (Fsp3) is 0.345.